The van der Waals surface area contributed by atoms with E-state index in [1.54, 1.807) is 32.0 Å². The van der Waals surface area contributed by atoms with Gasteiger partial charge >= 0.3 is 0 Å². The summed E-state index contributed by atoms with van der Waals surface area (Å²) in [4.78, 5) is 27.0. The number of hydrogen-bond donors (Lipinski definition) is 1. The van der Waals surface area contributed by atoms with Gasteiger partial charge in [-0.2, -0.15) is 0 Å². The Morgan fingerprint density at radius 3 is 2.42 bits per heavy atom. The van der Waals surface area contributed by atoms with E-state index in [1.807, 2.05) is 24.3 Å². The molecular formula is C21H25BrClN3O4S. The van der Waals surface area contributed by atoms with Gasteiger partial charge in [0.1, 0.15) is 12.6 Å². The van der Waals surface area contributed by atoms with Crippen molar-refractivity contribution in [3.8, 4) is 0 Å². The molecule has 2 amide bonds. The number of carbonyl (C=O) groups is 2. The zero-order valence-electron chi connectivity index (χ0n) is 17.7. The van der Waals surface area contributed by atoms with Gasteiger partial charge < -0.3 is 10.2 Å². The smallest absolute Gasteiger partial charge is 0.244 e. The van der Waals surface area contributed by atoms with Crippen molar-refractivity contribution >= 4 is 55.1 Å². The van der Waals surface area contributed by atoms with Crippen LogP contribution in [-0.2, 0) is 26.2 Å². The topological polar surface area (TPSA) is 86.8 Å². The summed E-state index contributed by atoms with van der Waals surface area (Å²) in [5.74, 6) is -0.867. The lowest BCUT2D eigenvalue weighted by Gasteiger charge is -2.31. The van der Waals surface area contributed by atoms with Crippen molar-refractivity contribution in [1.82, 2.24) is 10.2 Å². The zero-order chi connectivity index (χ0) is 23.3. The standard InChI is InChI=1S/C21H25BrClN3O4S/c1-14-18(23)9-6-10-19(14)26(31(4,29)30)13-20(27)25(15(2)21(28)24-3)12-16-7-5-8-17(22)11-16/h5-11,15H,12-13H2,1-4H3,(H,24,28). The molecule has 0 spiro atoms. The molecule has 0 aliphatic carbocycles. The highest BCUT2D eigenvalue weighted by Crippen LogP contribution is 2.28. The molecule has 0 saturated heterocycles. The van der Waals surface area contributed by atoms with Crippen LogP contribution in [-0.4, -0.2) is 51.0 Å². The second-order valence-corrected chi connectivity index (χ2v) is 10.3. The number of anilines is 1. The molecule has 0 heterocycles. The maximum absolute atomic E-state index is 13.3. The number of nitrogens with one attached hydrogen (secondary N) is 1. The quantitative estimate of drug-likeness (QED) is 0.567. The molecule has 0 radical (unpaired) electrons. The fraction of sp³-hybridized carbons (Fsp3) is 0.333. The van der Waals surface area contributed by atoms with E-state index < -0.39 is 28.5 Å². The Morgan fingerprint density at radius 1 is 1.19 bits per heavy atom. The summed E-state index contributed by atoms with van der Waals surface area (Å²) in [5.41, 5.74) is 1.65. The molecule has 10 heteroatoms. The lowest BCUT2D eigenvalue weighted by molar-refractivity contribution is -0.139. The molecule has 2 aromatic carbocycles. The molecule has 0 bridgehead atoms. The molecule has 0 saturated carbocycles. The van der Waals surface area contributed by atoms with Crippen LogP contribution in [0.1, 0.15) is 18.1 Å². The number of amides is 2. The molecule has 2 rings (SSSR count). The maximum atomic E-state index is 13.3. The van der Waals surface area contributed by atoms with Crippen molar-refractivity contribution in [3.63, 3.8) is 0 Å². The van der Waals surface area contributed by atoms with Gasteiger partial charge in [0.05, 0.1) is 11.9 Å². The number of sulfonamides is 1. The van der Waals surface area contributed by atoms with Gasteiger partial charge in [0.15, 0.2) is 0 Å². The van der Waals surface area contributed by atoms with Gasteiger partial charge in [0.2, 0.25) is 21.8 Å². The first-order valence-corrected chi connectivity index (χ1v) is 12.5. The predicted octanol–water partition coefficient (Wildman–Crippen LogP) is 3.34. The van der Waals surface area contributed by atoms with Crippen molar-refractivity contribution in [2.75, 3.05) is 24.2 Å². The number of carbonyl (C=O) groups excluding carboxylic acids is 2. The molecule has 0 aromatic heterocycles. The lowest BCUT2D eigenvalue weighted by Crippen LogP contribution is -2.50. The summed E-state index contributed by atoms with van der Waals surface area (Å²) in [6.07, 6.45) is 1.03. The number of hydrogen-bond acceptors (Lipinski definition) is 4. The highest BCUT2D eigenvalue weighted by atomic mass is 79.9. The Balaban J connectivity index is 2.43. The molecule has 1 atom stereocenters. The second-order valence-electron chi connectivity index (χ2n) is 7.10. The van der Waals surface area contributed by atoms with Gasteiger partial charge in [-0.3, -0.25) is 13.9 Å². The van der Waals surface area contributed by atoms with Gasteiger partial charge in [-0.05, 0) is 49.2 Å². The monoisotopic (exact) mass is 529 g/mol. The SMILES string of the molecule is CNC(=O)C(C)N(Cc1cccc(Br)c1)C(=O)CN(c1cccc(Cl)c1C)S(C)(=O)=O. The van der Waals surface area contributed by atoms with Crippen LogP contribution in [0.4, 0.5) is 5.69 Å². The first-order chi connectivity index (χ1) is 14.5. The minimum atomic E-state index is -3.80. The Morgan fingerprint density at radius 2 is 1.84 bits per heavy atom. The number of rotatable bonds is 8. The zero-order valence-corrected chi connectivity index (χ0v) is 20.9. The largest absolute Gasteiger partial charge is 0.357 e. The third kappa shape index (κ3) is 6.44. The summed E-state index contributed by atoms with van der Waals surface area (Å²) >= 11 is 9.56. The fourth-order valence-electron chi connectivity index (χ4n) is 3.08. The highest BCUT2D eigenvalue weighted by molar-refractivity contribution is 9.10. The van der Waals surface area contributed by atoms with E-state index in [4.69, 9.17) is 11.6 Å². The first kappa shape index (κ1) is 25.2. The third-order valence-electron chi connectivity index (χ3n) is 4.84. The van der Waals surface area contributed by atoms with Crippen molar-refractivity contribution in [2.24, 2.45) is 0 Å². The minimum absolute atomic E-state index is 0.138. The van der Waals surface area contributed by atoms with E-state index in [0.29, 0.717) is 16.3 Å². The molecule has 0 aliphatic heterocycles. The van der Waals surface area contributed by atoms with Gasteiger partial charge in [0, 0.05) is 23.1 Å². The summed E-state index contributed by atoms with van der Waals surface area (Å²) < 4.78 is 26.9. The van der Waals surface area contributed by atoms with Crippen molar-refractivity contribution in [2.45, 2.75) is 26.4 Å². The van der Waals surface area contributed by atoms with Crippen LogP contribution < -0.4 is 9.62 Å². The molecule has 7 nitrogen and oxygen atoms in total. The van der Waals surface area contributed by atoms with E-state index in [0.717, 1.165) is 20.6 Å². The van der Waals surface area contributed by atoms with E-state index >= 15 is 0 Å². The average Bonchev–Trinajstić information content (AvgIpc) is 2.70. The molecule has 1 N–H and O–H groups in total. The van der Waals surface area contributed by atoms with Crippen LogP contribution in [0.3, 0.4) is 0 Å². The molecular weight excluding hydrogens is 506 g/mol. The van der Waals surface area contributed by atoms with Crippen molar-refractivity contribution in [1.29, 1.82) is 0 Å². The van der Waals surface area contributed by atoms with Crippen molar-refractivity contribution < 1.29 is 18.0 Å². The van der Waals surface area contributed by atoms with E-state index in [2.05, 4.69) is 21.2 Å². The molecule has 168 valence electrons. The fourth-order valence-corrected chi connectivity index (χ4v) is 4.60. The van der Waals surface area contributed by atoms with Crippen LogP contribution in [0.15, 0.2) is 46.9 Å². The van der Waals surface area contributed by atoms with Crippen LogP contribution in [0.2, 0.25) is 5.02 Å². The van der Waals surface area contributed by atoms with Crippen LogP contribution in [0.5, 0.6) is 0 Å². The van der Waals surface area contributed by atoms with Crippen LogP contribution in [0, 0.1) is 6.92 Å². The molecule has 2 aromatic rings. The third-order valence-corrected chi connectivity index (χ3v) is 6.87. The average molecular weight is 531 g/mol. The Labute approximate surface area is 196 Å². The van der Waals surface area contributed by atoms with E-state index in [1.165, 1.54) is 11.9 Å². The summed E-state index contributed by atoms with van der Waals surface area (Å²) in [6, 6.07) is 11.4. The van der Waals surface area contributed by atoms with E-state index in [9.17, 15) is 18.0 Å². The van der Waals surface area contributed by atoms with Gasteiger partial charge in [-0.25, -0.2) is 8.42 Å². The highest BCUT2D eigenvalue weighted by Gasteiger charge is 2.30. The molecule has 31 heavy (non-hydrogen) atoms. The molecule has 0 aliphatic rings. The number of nitrogens with zero attached hydrogens (tertiary/aromatic N) is 2. The van der Waals surface area contributed by atoms with Crippen LogP contribution in [0.25, 0.3) is 0 Å². The van der Waals surface area contributed by atoms with Gasteiger partial charge in [0.25, 0.3) is 0 Å². The predicted molar refractivity (Wildman–Crippen MR) is 127 cm³/mol. The lowest BCUT2D eigenvalue weighted by atomic mass is 10.1. The summed E-state index contributed by atoms with van der Waals surface area (Å²) in [5, 5.41) is 2.93. The second kappa shape index (κ2) is 10.5. The van der Waals surface area contributed by atoms with Crippen molar-refractivity contribution in [3.05, 3.63) is 63.1 Å². The van der Waals surface area contributed by atoms with Crippen LogP contribution >= 0.6 is 27.5 Å². The summed E-state index contributed by atoms with van der Waals surface area (Å²) in [6.45, 7) is 2.96. The maximum Gasteiger partial charge on any atom is 0.244 e. The van der Waals surface area contributed by atoms with Gasteiger partial charge in [-0.15, -0.1) is 0 Å². The van der Waals surface area contributed by atoms with Gasteiger partial charge in [-0.1, -0.05) is 45.7 Å². The minimum Gasteiger partial charge on any atom is -0.357 e. The Kier molecular flexibility index (Phi) is 8.50. The van der Waals surface area contributed by atoms with E-state index in [-0.39, 0.29) is 12.5 Å². The summed E-state index contributed by atoms with van der Waals surface area (Å²) in [7, 11) is -2.31. The number of halogens is 2. The molecule has 0 fully saturated rings. The number of benzene rings is 2. The number of likely N-dealkylation sites (N-methyl/N-ethyl adjacent to an activating group) is 1. The normalized spacial score (nSPS) is 12.2. The first-order valence-electron chi connectivity index (χ1n) is 9.44. The molecule has 1 unspecified atom stereocenters. The Hall–Kier alpha value is -2.10. The Bertz CT molecular complexity index is 1080.